The summed E-state index contributed by atoms with van der Waals surface area (Å²) in [6.07, 6.45) is 3.63. The van der Waals surface area contributed by atoms with Crippen LogP contribution in [0, 0.1) is 11.7 Å². The van der Waals surface area contributed by atoms with Gasteiger partial charge in [-0.2, -0.15) is 0 Å². The van der Waals surface area contributed by atoms with Crippen molar-refractivity contribution in [3.63, 3.8) is 0 Å². The molecular formula is C14H21FO. The highest BCUT2D eigenvalue weighted by atomic mass is 19.1. The molecule has 0 saturated carbocycles. The molecule has 0 aliphatic rings. The first-order chi connectivity index (χ1) is 7.69. The van der Waals surface area contributed by atoms with Gasteiger partial charge in [0.25, 0.3) is 0 Å². The fourth-order valence-electron chi connectivity index (χ4n) is 2.03. The van der Waals surface area contributed by atoms with E-state index in [1.165, 1.54) is 25.0 Å². The summed E-state index contributed by atoms with van der Waals surface area (Å²) in [5.41, 5.74) is 1.06. The van der Waals surface area contributed by atoms with Gasteiger partial charge < -0.3 is 4.74 Å². The Hall–Kier alpha value is -0.890. The smallest absolute Gasteiger partial charge is 0.123 e. The molecule has 0 aromatic heterocycles. The molecule has 0 saturated heterocycles. The van der Waals surface area contributed by atoms with E-state index in [2.05, 4.69) is 13.8 Å². The van der Waals surface area contributed by atoms with Crippen molar-refractivity contribution in [1.29, 1.82) is 0 Å². The number of hydrogen-bond donors (Lipinski definition) is 0. The van der Waals surface area contributed by atoms with E-state index in [1.54, 1.807) is 7.11 Å². The van der Waals surface area contributed by atoms with Crippen LogP contribution in [-0.2, 0) is 4.74 Å². The molecule has 1 rings (SSSR count). The molecule has 0 N–H and O–H groups in total. The van der Waals surface area contributed by atoms with Gasteiger partial charge in [-0.1, -0.05) is 38.8 Å². The number of rotatable bonds is 6. The van der Waals surface area contributed by atoms with Crippen molar-refractivity contribution in [3.05, 3.63) is 35.6 Å². The predicted molar refractivity (Wildman–Crippen MR) is 64.8 cm³/mol. The van der Waals surface area contributed by atoms with Gasteiger partial charge in [0.05, 0.1) is 6.10 Å². The second-order valence-corrected chi connectivity index (χ2v) is 4.33. The van der Waals surface area contributed by atoms with Crippen molar-refractivity contribution in [2.45, 2.75) is 39.2 Å². The highest BCUT2D eigenvalue weighted by molar-refractivity contribution is 5.19. The molecule has 0 radical (unpaired) electrons. The van der Waals surface area contributed by atoms with E-state index >= 15 is 0 Å². The van der Waals surface area contributed by atoms with E-state index in [-0.39, 0.29) is 11.9 Å². The Bertz CT molecular complexity index is 294. The van der Waals surface area contributed by atoms with Gasteiger partial charge >= 0.3 is 0 Å². The quantitative estimate of drug-likeness (QED) is 0.698. The van der Waals surface area contributed by atoms with Crippen molar-refractivity contribution in [1.82, 2.24) is 0 Å². The summed E-state index contributed by atoms with van der Waals surface area (Å²) in [5, 5.41) is 0. The van der Waals surface area contributed by atoms with E-state index in [1.807, 2.05) is 12.1 Å². The maximum Gasteiger partial charge on any atom is 0.123 e. The third kappa shape index (κ3) is 3.60. The molecule has 0 spiro atoms. The van der Waals surface area contributed by atoms with Crippen LogP contribution in [0.5, 0.6) is 0 Å². The fourth-order valence-corrected chi connectivity index (χ4v) is 2.03. The highest BCUT2D eigenvalue weighted by Gasteiger charge is 2.18. The van der Waals surface area contributed by atoms with Crippen LogP contribution in [0.4, 0.5) is 4.39 Å². The van der Waals surface area contributed by atoms with Crippen LogP contribution in [0.25, 0.3) is 0 Å². The summed E-state index contributed by atoms with van der Waals surface area (Å²) >= 11 is 0. The first-order valence-electron chi connectivity index (χ1n) is 5.97. The highest BCUT2D eigenvalue weighted by Crippen LogP contribution is 2.28. The van der Waals surface area contributed by atoms with E-state index in [0.29, 0.717) is 5.92 Å². The molecule has 0 amide bonds. The number of methoxy groups -OCH3 is 1. The van der Waals surface area contributed by atoms with Crippen molar-refractivity contribution < 1.29 is 9.13 Å². The van der Waals surface area contributed by atoms with Crippen LogP contribution in [0.15, 0.2) is 24.3 Å². The average molecular weight is 224 g/mol. The van der Waals surface area contributed by atoms with Crippen molar-refractivity contribution in [3.8, 4) is 0 Å². The molecule has 0 aliphatic carbocycles. The fraction of sp³-hybridized carbons (Fsp3) is 0.571. The Balaban J connectivity index is 2.69. The van der Waals surface area contributed by atoms with Gasteiger partial charge in [-0.05, 0) is 30.0 Å². The SMILES string of the molecule is CCCC[C@@H](C)[C@H](OC)c1ccc(F)cc1. The molecule has 0 fully saturated rings. The van der Waals surface area contributed by atoms with Crippen molar-refractivity contribution in [2.24, 2.45) is 5.92 Å². The largest absolute Gasteiger partial charge is 0.376 e. The van der Waals surface area contributed by atoms with Gasteiger partial charge in [0.15, 0.2) is 0 Å². The molecule has 2 atom stereocenters. The third-order valence-corrected chi connectivity index (χ3v) is 2.98. The van der Waals surface area contributed by atoms with E-state index in [0.717, 1.165) is 12.0 Å². The molecule has 16 heavy (non-hydrogen) atoms. The zero-order valence-electron chi connectivity index (χ0n) is 10.4. The summed E-state index contributed by atoms with van der Waals surface area (Å²) in [5.74, 6) is 0.273. The Labute approximate surface area is 97.6 Å². The zero-order valence-corrected chi connectivity index (χ0v) is 10.4. The van der Waals surface area contributed by atoms with Crippen LogP contribution >= 0.6 is 0 Å². The lowest BCUT2D eigenvalue weighted by molar-refractivity contribution is 0.0537. The van der Waals surface area contributed by atoms with Gasteiger partial charge in [0.1, 0.15) is 5.82 Å². The molecule has 0 unspecified atom stereocenters. The monoisotopic (exact) mass is 224 g/mol. The topological polar surface area (TPSA) is 9.23 Å². The summed E-state index contributed by atoms with van der Waals surface area (Å²) < 4.78 is 18.3. The second-order valence-electron chi connectivity index (χ2n) is 4.33. The summed E-state index contributed by atoms with van der Waals surface area (Å²) in [6.45, 7) is 4.37. The lowest BCUT2D eigenvalue weighted by atomic mass is 9.93. The van der Waals surface area contributed by atoms with Gasteiger partial charge in [0.2, 0.25) is 0 Å². The van der Waals surface area contributed by atoms with E-state index in [9.17, 15) is 4.39 Å². The van der Waals surface area contributed by atoms with Gasteiger partial charge in [-0.25, -0.2) is 4.39 Å². The molecule has 1 nitrogen and oxygen atoms in total. The molecule has 1 aromatic rings. The Morgan fingerprint density at radius 2 is 1.88 bits per heavy atom. The standard InChI is InChI=1S/C14H21FO/c1-4-5-6-11(2)14(16-3)12-7-9-13(15)10-8-12/h7-11,14H,4-6H2,1-3H3/t11-,14+/m1/s1. The zero-order chi connectivity index (χ0) is 12.0. The Morgan fingerprint density at radius 3 is 2.38 bits per heavy atom. The number of hydrogen-bond acceptors (Lipinski definition) is 1. The van der Waals surface area contributed by atoms with Crippen LogP contribution in [0.3, 0.4) is 0 Å². The maximum absolute atomic E-state index is 12.8. The number of ether oxygens (including phenoxy) is 1. The minimum Gasteiger partial charge on any atom is -0.376 e. The van der Waals surface area contributed by atoms with Crippen molar-refractivity contribution in [2.75, 3.05) is 7.11 Å². The molecule has 0 aliphatic heterocycles. The molecule has 90 valence electrons. The average Bonchev–Trinajstić information content (AvgIpc) is 2.30. The first kappa shape index (κ1) is 13.2. The van der Waals surface area contributed by atoms with Crippen molar-refractivity contribution >= 4 is 0 Å². The lowest BCUT2D eigenvalue weighted by Crippen LogP contribution is -2.12. The van der Waals surface area contributed by atoms with Gasteiger partial charge in [-0.3, -0.25) is 0 Å². The maximum atomic E-state index is 12.8. The number of benzene rings is 1. The molecule has 0 bridgehead atoms. The Morgan fingerprint density at radius 1 is 1.25 bits per heavy atom. The normalized spacial score (nSPS) is 14.8. The third-order valence-electron chi connectivity index (χ3n) is 2.98. The minimum atomic E-state index is -0.195. The Kier molecular flexibility index (Phi) is 5.47. The van der Waals surface area contributed by atoms with Gasteiger partial charge in [-0.15, -0.1) is 0 Å². The van der Waals surface area contributed by atoms with E-state index in [4.69, 9.17) is 4.74 Å². The summed E-state index contributed by atoms with van der Waals surface area (Å²) in [4.78, 5) is 0. The van der Waals surface area contributed by atoms with Crippen LogP contribution in [0.2, 0.25) is 0 Å². The predicted octanol–water partition coefficient (Wildman–Crippen LogP) is 4.34. The second kappa shape index (κ2) is 6.64. The lowest BCUT2D eigenvalue weighted by Gasteiger charge is -2.23. The molecule has 2 heteroatoms. The molecule has 0 heterocycles. The number of unbranched alkanes of at least 4 members (excludes halogenated alkanes) is 1. The molecular weight excluding hydrogens is 203 g/mol. The summed E-state index contributed by atoms with van der Waals surface area (Å²) in [7, 11) is 1.72. The van der Waals surface area contributed by atoms with E-state index < -0.39 is 0 Å². The van der Waals surface area contributed by atoms with Crippen LogP contribution in [-0.4, -0.2) is 7.11 Å². The number of halogens is 1. The molecule has 1 aromatic carbocycles. The van der Waals surface area contributed by atoms with Gasteiger partial charge in [0, 0.05) is 7.11 Å². The van der Waals surface area contributed by atoms with Crippen LogP contribution < -0.4 is 0 Å². The van der Waals surface area contributed by atoms with Crippen LogP contribution in [0.1, 0.15) is 44.8 Å². The first-order valence-corrected chi connectivity index (χ1v) is 5.97. The summed E-state index contributed by atoms with van der Waals surface area (Å²) in [6, 6.07) is 6.61. The minimum absolute atomic E-state index is 0.0761.